The van der Waals surface area contributed by atoms with Gasteiger partial charge in [-0.25, -0.2) is 4.79 Å². The van der Waals surface area contributed by atoms with Gasteiger partial charge in [-0.2, -0.15) is 5.10 Å². The molecule has 4 rings (SSSR count). The molecule has 10 heteroatoms. The van der Waals surface area contributed by atoms with E-state index in [0.29, 0.717) is 13.1 Å². The Hall–Kier alpha value is -2.59. The molecule has 0 radical (unpaired) electrons. The highest BCUT2D eigenvalue weighted by molar-refractivity contribution is 7.99. The van der Waals surface area contributed by atoms with Crippen molar-refractivity contribution in [2.75, 3.05) is 6.54 Å². The van der Waals surface area contributed by atoms with Crippen molar-refractivity contribution < 1.29 is 14.3 Å². The van der Waals surface area contributed by atoms with Crippen LogP contribution in [0.1, 0.15) is 28.4 Å². The molecule has 136 valence electrons. The number of rotatable bonds is 5. The lowest BCUT2D eigenvalue weighted by Crippen LogP contribution is -2.22. The van der Waals surface area contributed by atoms with Gasteiger partial charge in [-0.05, 0) is 36.4 Å². The van der Waals surface area contributed by atoms with Crippen LogP contribution in [0.5, 0.6) is 0 Å². The molecule has 0 spiro atoms. The summed E-state index contributed by atoms with van der Waals surface area (Å²) < 4.78 is 9.54. The van der Waals surface area contributed by atoms with Crippen molar-refractivity contribution >= 4 is 17.7 Å². The van der Waals surface area contributed by atoms with Gasteiger partial charge in [0.05, 0.1) is 12.2 Å². The van der Waals surface area contributed by atoms with Gasteiger partial charge in [0.25, 0.3) is 0 Å². The van der Waals surface area contributed by atoms with Gasteiger partial charge < -0.3 is 14.1 Å². The van der Waals surface area contributed by atoms with Crippen LogP contribution in [0.2, 0.25) is 0 Å². The topological polar surface area (TPSA) is 102 Å². The predicted molar refractivity (Wildman–Crippen MR) is 91.8 cm³/mol. The molecule has 4 heterocycles. The third kappa shape index (κ3) is 3.51. The van der Waals surface area contributed by atoms with Gasteiger partial charge in [-0.1, -0.05) is 0 Å². The van der Waals surface area contributed by atoms with E-state index in [1.807, 2.05) is 23.7 Å². The van der Waals surface area contributed by atoms with E-state index in [1.165, 1.54) is 11.8 Å². The van der Waals surface area contributed by atoms with Crippen molar-refractivity contribution in [3.63, 3.8) is 0 Å². The van der Waals surface area contributed by atoms with Gasteiger partial charge >= 0.3 is 5.97 Å². The second-order valence-electron chi connectivity index (χ2n) is 6.16. The summed E-state index contributed by atoms with van der Waals surface area (Å²) in [6.45, 7) is 2.93. The molecule has 26 heavy (non-hydrogen) atoms. The Morgan fingerprint density at radius 2 is 2.27 bits per heavy atom. The molecule has 0 fully saturated rings. The first-order valence-electron chi connectivity index (χ1n) is 8.21. The second-order valence-corrected chi connectivity index (χ2v) is 7.13. The number of hydrogen-bond acceptors (Lipinski definition) is 7. The van der Waals surface area contributed by atoms with Crippen LogP contribution in [-0.2, 0) is 26.7 Å². The first-order valence-corrected chi connectivity index (χ1v) is 9.03. The summed E-state index contributed by atoms with van der Waals surface area (Å²) in [5.41, 5.74) is 1.02. The molecule has 0 bridgehead atoms. The van der Waals surface area contributed by atoms with Crippen LogP contribution in [0.4, 0.5) is 0 Å². The van der Waals surface area contributed by atoms with Crippen LogP contribution in [-0.4, -0.2) is 47.1 Å². The maximum Gasteiger partial charge on any atom is 0.356 e. The summed E-state index contributed by atoms with van der Waals surface area (Å²) in [6, 6.07) is 5.54. The molecule has 0 atom stereocenters. The highest BCUT2D eigenvalue weighted by atomic mass is 32.2. The lowest BCUT2D eigenvalue weighted by atomic mass is 10.3. The van der Waals surface area contributed by atoms with Crippen LogP contribution in [0.25, 0.3) is 0 Å². The monoisotopic (exact) mass is 374 g/mol. The number of carboxylic acid groups (broad SMARTS) is 1. The van der Waals surface area contributed by atoms with Crippen molar-refractivity contribution in [1.82, 2.24) is 29.4 Å². The highest BCUT2D eigenvalue weighted by Gasteiger charge is 2.20. The molecule has 0 aliphatic carbocycles. The number of carbonyl (C=O) groups is 1. The summed E-state index contributed by atoms with van der Waals surface area (Å²) in [4.78, 5) is 13.4. The van der Waals surface area contributed by atoms with E-state index < -0.39 is 5.97 Å². The van der Waals surface area contributed by atoms with Gasteiger partial charge in [0, 0.05) is 26.7 Å². The summed E-state index contributed by atoms with van der Waals surface area (Å²) in [5.74, 6) is -0.130. The first kappa shape index (κ1) is 16.9. The number of hydrogen-bond donors (Lipinski definition) is 1. The van der Waals surface area contributed by atoms with Gasteiger partial charge in [0.2, 0.25) is 0 Å². The zero-order valence-corrected chi connectivity index (χ0v) is 15.0. The smallest absolute Gasteiger partial charge is 0.356 e. The summed E-state index contributed by atoms with van der Waals surface area (Å²) >= 11 is 1.43. The largest absolute Gasteiger partial charge is 0.476 e. The summed E-state index contributed by atoms with van der Waals surface area (Å²) in [7, 11) is 1.89. The molecule has 0 aromatic carbocycles. The van der Waals surface area contributed by atoms with E-state index >= 15 is 0 Å². The van der Waals surface area contributed by atoms with Crippen LogP contribution >= 0.6 is 11.8 Å². The normalized spacial score (nSPS) is 15.0. The molecule has 0 saturated heterocycles. The van der Waals surface area contributed by atoms with Gasteiger partial charge in [0.15, 0.2) is 15.9 Å². The number of fused-ring (bicyclic) bond motifs is 1. The van der Waals surface area contributed by atoms with Crippen LogP contribution in [0.15, 0.2) is 39.2 Å². The van der Waals surface area contributed by atoms with E-state index in [-0.39, 0.29) is 5.69 Å². The number of aryl methyl sites for hydroxylation is 2. The van der Waals surface area contributed by atoms with Crippen molar-refractivity contribution in [2.45, 2.75) is 36.3 Å². The fourth-order valence-electron chi connectivity index (χ4n) is 2.94. The predicted octanol–water partition coefficient (Wildman–Crippen LogP) is 1.86. The summed E-state index contributed by atoms with van der Waals surface area (Å²) in [5, 5.41) is 22.7. The molecule has 0 unspecified atom stereocenters. The lowest BCUT2D eigenvalue weighted by molar-refractivity contribution is 0.0689. The molecular formula is C16H18N6O3S. The number of carboxylic acids is 1. The first-order chi connectivity index (χ1) is 12.6. The van der Waals surface area contributed by atoms with E-state index in [2.05, 4.69) is 20.2 Å². The minimum atomic E-state index is -0.992. The van der Waals surface area contributed by atoms with E-state index in [4.69, 9.17) is 9.52 Å². The molecular weight excluding hydrogens is 356 g/mol. The number of nitrogens with zero attached hydrogens (tertiary/aromatic N) is 6. The molecule has 0 saturated carbocycles. The zero-order chi connectivity index (χ0) is 18.1. The average Bonchev–Trinajstić information content (AvgIpc) is 3.28. The van der Waals surface area contributed by atoms with Crippen molar-refractivity contribution in [3.8, 4) is 0 Å². The van der Waals surface area contributed by atoms with Crippen molar-refractivity contribution in [1.29, 1.82) is 0 Å². The Labute approximate surface area is 153 Å². The Bertz CT molecular complexity index is 930. The lowest BCUT2D eigenvalue weighted by Gasteiger charge is -2.17. The van der Waals surface area contributed by atoms with Gasteiger partial charge in [-0.3, -0.25) is 9.58 Å². The molecule has 3 aromatic heterocycles. The number of furan rings is 1. The SMILES string of the molecule is Cn1cnnc1Sc1ccc(CN2CCCn3nc(C(=O)O)cc3C2)o1. The molecule has 9 nitrogen and oxygen atoms in total. The Morgan fingerprint density at radius 3 is 3.04 bits per heavy atom. The number of aromatic nitrogens is 5. The fraction of sp³-hybridized carbons (Fsp3) is 0.375. The Balaban J connectivity index is 1.44. The zero-order valence-electron chi connectivity index (χ0n) is 14.2. The fourth-order valence-corrected chi connectivity index (χ4v) is 3.69. The maximum atomic E-state index is 11.1. The molecule has 3 aromatic rings. The van der Waals surface area contributed by atoms with Crippen molar-refractivity contribution in [3.05, 3.63) is 41.7 Å². The highest BCUT2D eigenvalue weighted by Crippen LogP contribution is 2.28. The molecule has 1 N–H and O–H groups in total. The Kier molecular flexibility index (Phi) is 4.51. The minimum absolute atomic E-state index is 0.0993. The third-order valence-electron chi connectivity index (χ3n) is 4.19. The van der Waals surface area contributed by atoms with Crippen LogP contribution in [0, 0.1) is 0 Å². The van der Waals surface area contributed by atoms with E-state index in [0.717, 1.165) is 41.2 Å². The van der Waals surface area contributed by atoms with Crippen molar-refractivity contribution in [2.24, 2.45) is 7.05 Å². The molecule has 0 amide bonds. The number of aromatic carboxylic acids is 1. The molecule has 1 aliphatic heterocycles. The van der Waals surface area contributed by atoms with E-state index in [1.54, 1.807) is 17.1 Å². The third-order valence-corrected chi connectivity index (χ3v) is 5.16. The standard InChI is InChI=1S/C16H18N6O3S/c1-20-10-17-18-16(20)26-14-4-3-12(25-14)9-21-5-2-6-22-11(8-21)7-13(19-22)15(23)24/h3-4,7,10H,2,5-6,8-9H2,1H3,(H,23,24). The maximum absolute atomic E-state index is 11.1. The van der Waals surface area contributed by atoms with Gasteiger partial charge in [-0.15, -0.1) is 10.2 Å². The molecule has 1 aliphatic rings. The van der Waals surface area contributed by atoms with Gasteiger partial charge in [0.1, 0.15) is 12.1 Å². The quantitative estimate of drug-likeness (QED) is 0.722. The Morgan fingerprint density at radius 1 is 1.38 bits per heavy atom. The average molecular weight is 374 g/mol. The van der Waals surface area contributed by atoms with Crippen LogP contribution in [0.3, 0.4) is 0 Å². The minimum Gasteiger partial charge on any atom is -0.476 e. The second kappa shape index (κ2) is 6.96. The van der Waals surface area contributed by atoms with Crippen LogP contribution < -0.4 is 0 Å². The van der Waals surface area contributed by atoms with E-state index in [9.17, 15) is 4.79 Å². The summed E-state index contributed by atoms with van der Waals surface area (Å²) in [6.07, 6.45) is 2.56.